The van der Waals surface area contributed by atoms with Crippen LogP contribution in [0.4, 0.5) is 5.69 Å². The van der Waals surface area contributed by atoms with Crippen LogP contribution in [0.1, 0.15) is 18.4 Å². The SMILES string of the molecule is NS(=O)(=O)Cc1ccc(NS(=O)(=O)N2CCCC2)cc1. The maximum atomic E-state index is 12.0. The number of nitrogens with one attached hydrogen (secondary N) is 1. The van der Waals surface area contributed by atoms with Crippen LogP contribution in [0, 0.1) is 0 Å². The lowest BCUT2D eigenvalue weighted by atomic mass is 10.2. The van der Waals surface area contributed by atoms with Crippen molar-refractivity contribution in [2.24, 2.45) is 5.14 Å². The van der Waals surface area contributed by atoms with Gasteiger partial charge in [0.25, 0.3) is 0 Å². The Kier molecular flexibility index (Phi) is 4.33. The number of benzene rings is 1. The van der Waals surface area contributed by atoms with Gasteiger partial charge in [0, 0.05) is 18.8 Å². The molecule has 0 spiro atoms. The molecule has 0 bridgehead atoms. The number of rotatable bonds is 5. The van der Waals surface area contributed by atoms with Crippen molar-refractivity contribution in [1.29, 1.82) is 0 Å². The number of nitrogens with two attached hydrogens (primary N) is 1. The van der Waals surface area contributed by atoms with Crippen molar-refractivity contribution in [3.05, 3.63) is 29.8 Å². The molecule has 112 valence electrons. The van der Waals surface area contributed by atoms with Gasteiger partial charge in [-0.05, 0) is 30.5 Å². The van der Waals surface area contributed by atoms with Gasteiger partial charge in [-0.25, -0.2) is 13.6 Å². The molecule has 0 atom stereocenters. The van der Waals surface area contributed by atoms with Gasteiger partial charge >= 0.3 is 10.2 Å². The molecular weight excluding hydrogens is 302 g/mol. The molecule has 1 heterocycles. The fourth-order valence-corrected chi connectivity index (χ4v) is 4.00. The van der Waals surface area contributed by atoms with E-state index in [2.05, 4.69) is 4.72 Å². The van der Waals surface area contributed by atoms with E-state index in [1.807, 2.05) is 0 Å². The molecule has 3 N–H and O–H groups in total. The lowest BCUT2D eigenvalue weighted by Crippen LogP contribution is -2.33. The summed E-state index contributed by atoms with van der Waals surface area (Å²) < 4.78 is 49.8. The van der Waals surface area contributed by atoms with Gasteiger partial charge < -0.3 is 0 Å². The van der Waals surface area contributed by atoms with E-state index in [1.165, 1.54) is 28.6 Å². The van der Waals surface area contributed by atoms with Crippen molar-refractivity contribution in [1.82, 2.24) is 4.31 Å². The molecule has 2 rings (SSSR count). The number of nitrogens with zero attached hydrogens (tertiary/aromatic N) is 1. The highest BCUT2D eigenvalue weighted by molar-refractivity contribution is 7.90. The van der Waals surface area contributed by atoms with E-state index in [1.54, 1.807) is 0 Å². The van der Waals surface area contributed by atoms with Crippen LogP contribution < -0.4 is 9.86 Å². The Hall–Kier alpha value is -1.16. The largest absolute Gasteiger partial charge is 0.301 e. The summed E-state index contributed by atoms with van der Waals surface area (Å²) >= 11 is 0. The summed E-state index contributed by atoms with van der Waals surface area (Å²) in [7, 11) is -7.11. The molecule has 1 aliphatic rings. The van der Waals surface area contributed by atoms with Crippen molar-refractivity contribution in [3.8, 4) is 0 Å². The van der Waals surface area contributed by atoms with Crippen molar-refractivity contribution >= 4 is 25.9 Å². The minimum atomic E-state index is -3.59. The molecule has 0 saturated carbocycles. The lowest BCUT2D eigenvalue weighted by molar-refractivity contribution is 0.482. The Bertz CT molecular complexity index is 662. The lowest BCUT2D eigenvalue weighted by Gasteiger charge is -2.16. The molecular formula is C11H17N3O4S2. The van der Waals surface area contributed by atoms with Gasteiger partial charge in [-0.1, -0.05) is 12.1 Å². The standard InChI is InChI=1S/C11H17N3O4S2/c12-19(15,16)9-10-3-5-11(6-4-10)13-20(17,18)14-7-1-2-8-14/h3-6,13H,1-2,7-9H2,(H2,12,15,16). The van der Waals surface area contributed by atoms with E-state index in [9.17, 15) is 16.8 Å². The molecule has 1 aromatic carbocycles. The second-order valence-electron chi connectivity index (χ2n) is 4.72. The van der Waals surface area contributed by atoms with E-state index < -0.39 is 20.2 Å². The molecule has 1 fully saturated rings. The Morgan fingerprint density at radius 3 is 2.10 bits per heavy atom. The zero-order valence-corrected chi connectivity index (χ0v) is 12.5. The molecule has 20 heavy (non-hydrogen) atoms. The summed E-state index contributed by atoms with van der Waals surface area (Å²) in [6.07, 6.45) is 1.74. The molecule has 1 aliphatic heterocycles. The van der Waals surface area contributed by atoms with Crippen molar-refractivity contribution in [2.45, 2.75) is 18.6 Å². The maximum Gasteiger partial charge on any atom is 0.301 e. The van der Waals surface area contributed by atoms with Gasteiger partial charge in [0.2, 0.25) is 10.0 Å². The topological polar surface area (TPSA) is 110 Å². The number of hydrogen-bond donors (Lipinski definition) is 2. The van der Waals surface area contributed by atoms with Gasteiger partial charge in [-0.3, -0.25) is 4.72 Å². The van der Waals surface area contributed by atoms with Crippen molar-refractivity contribution < 1.29 is 16.8 Å². The number of anilines is 1. The third kappa shape index (κ3) is 4.17. The summed E-state index contributed by atoms with van der Waals surface area (Å²) in [5.74, 6) is -0.272. The molecule has 0 aliphatic carbocycles. The smallest absolute Gasteiger partial charge is 0.271 e. The van der Waals surface area contributed by atoms with Crippen molar-refractivity contribution in [3.63, 3.8) is 0 Å². The minimum Gasteiger partial charge on any atom is -0.271 e. The highest BCUT2D eigenvalue weighted by Gasteiger charge is 2.24. The predicted octanol–water partition coefficient (Wildman–Crippen LogP) is 0.228. The average Bonchev–Trinajstić information content (AvgIpc) is 2.84. The van der Waals surface area contributed by atoms with Crippen LogP contribution in [0.5, 0.6) is 0 Å². The number of hydrogen-bond acceptors (Lipinski definition) is 4. The Balaban J connectivity index is 2.07. The Morgan fingerprint density at radius 1 is 1.05 bits per heavy atom. The maximum absolute atomic E-state index is 12.0. The van der Waals surface area contributed by atoms with Gasteiger partial charge in [0.05, 0.1) is 5.75 Å². The summed E-state index contributed by atoms with van der Waals surface area (Å²) in [5, 5.41) is 4.94. The summed E-state index contributed by atoms with van der Waals surface area (Å²) in [5.41, 5.74) is 0.909. The van der Waals surface area contributed by atoms with Gasteiger partial charge in [0.15, 0.2) is 0 Å². The first-order valence-electron chi connectivity index (χ1n) is 6.14. The normalized spacial score (nSPS) is 17.2. The molecule has 7 nitrogen and oxygen atoms in total. The van der Waals surface area contributed by atoms with E-state index >= 15 is 0 Å². The highest BCUT2D eigenvalue weighted by atomic mass is 32.2. The predicted molar refractivity (Wildman–Crippen MR) is 76.6 cm³/mol. The van der Waals surface area contributed by atoms with Crippen LogP contribution in [0.3, 0.4) is 0 Å². The molecule has 9 heteroatoms. The summed E-state index contributed by atoms with van der Waals surface area (Å²) in [4.78, 5) is 0. The third-order valence-electron chi connectivity index (χ3n) is 2.97. The van der Waals surface area contributed by atoms with Crippen molar-refractivity contribution in [2.75, 3.05) is 17.8 Å². The van der Waals surface area contributed by atoms with Crippen LogP contribution in [0.25, 0.3) is 0 Å². The quantitative estimate of drug-likeness (QED) is 0.809. The molecule has 0 radical (unpaired) electrons. The van der Waals surface area contributed by atoms with E-state index in [0.29, 0.717) is 24.3 Å². The van der Waals surface area contributed by atoms with Crippen LogP contribution in [-0.4, -0.2) is 34.2 Å². The fraction of sp³-hybridized carbons (Fsp3) is 0.455. The molecule has 1 aromatic rings. The molecule has 0 unspecified atom stereocenters. The Labute approximate surface area is 119 Å². The monoisotopic (exact) mass is 319 g/mol. The first-order chi connectivity index (χ1) is 9.26. The van der Waals surface area contributed by atoms with Gasteiger partial charge in [-0.2, -0.15) is 12.7 Å². The van der Waals surface area contributed by atoms with Gasteiger partial charge in [0.1, 0.15) is 0 Å². The van der Waals surface area contributed by atoms with E-state index in [-0.39, 0.29) is 5.75 Å². The Morgan fingerprint density at radius 2 is 1.60 bits per heavy atom. The fourth-order valence-electron chi connectivity index (χ4n) is 2.04. The zero-order valence-electron chi connectivity index (χ0n) is 10.8. The van der Waals surface area contributed by atoms with Crippen LogP contribution in [-0.2, 0) is 26.0 Å². The summed E-state index contributed by atoms with van der Waals surface area (Å²) in [6.45, 7) is 1.05. The molecule has 0 amide bonds. The molecule has 1 saturated heterocycles. The second kappa shape index (κ2) is 5.68. The second-order valence-corrected chi connectivity index (χ2v) is 8.00. The van der Waals surface area contributed by atoms with Crippen LogP contribution in [0.2, 0.25) is 0 Å². The van der Waals surface area contributed by atoms with Crippen LogP contribution >= 0.6 is 0 Å². The third-order valence-corrected chi connectivity index (χ3v) is 5.25. The zero-order chi connectivity index (χ0) is 14.8. The average molecular weight is 319 g/mol. The van der Waals surface area contributed by atoms with E-state index in [4.69, 9.17) is 5.14 Å². The summed E-state index contributed by atoms with van der Waals surface area (Å²) in [6, 6.07) is 6.11. The number of primary sulfonamides is 1. The van der Waals surface area contributed by atoms with Gasteiger partial charge in [-0.15, -0.1) is 0 Å². The highest BCUT2D eigenvalue weighted by Crippen LogP contribution is 2.17. The first kappa shape index (κ1) is 15.2. The first-order valence-corrected chi connectivity index (χ1v) is 9.29. The van der Waals surface area contributed by atoms with Crippen LogP contribution in [0.15, 0.2) is 24.3 Å². The number of sulfonamides is 1. The van der Waals surface area contributed by atoms with E-state index in [0.717, 1.165) is 12.8 Å². The molecule has 0 aromatic heterocycles. The minimum absolute atomic E-state index is 0.272.